The molecule has 0 aliphatic heterocycles. The second kappa shape index (κ2) is 9.18. The minimum Gasteiger partial charge on any atom is -0.435 e. The number of para-hydroxylation sites is 1. The highest BCUT2D eigenvalue weighted by molar-refractivity contribution is 7.73. The van der Waals surface area contributed by atoms with Crippen molar-refractivity contribution in [1.29, 1.82) is 0 Å². The molecule has 0 aliphatic rings. The van der Waals surface area contributed by atoms with Gasteiger partial charge in [0.2, 0.25) is 5.13 Å². The lowest BCUT2D eigenvalue weighted by atomic mass is 10.2. The van der Waals surface area contributed by atoms with E-state index in [0.717, 1.165) is 5.56 Å². The first-order chi connectivity index (χ1) is 13.4. The van der Waals surface area contributed by atoms with Crippen molar-refractivity contribution in [3.63, 3.8) is 0 Å². The number of benzene rings is 2. The molecular formula is C18H17F3N4OS2. The van der Waals surface area contributed by atoms with Crippen LogP contribution in [0.2, 0.25) is 0 Å². The van der Waals surface area contributed by atoms with E-state index >= 15 is 0 Å². The molecule has 0 bridgehead atoms. The van der Waals surface area contributed by atoms with Crippen molar-refractivity contribution in [2.45, 2.75) is 19.8 Å². The van der Waals surface area contributed by atoms with Gasteiger partial charge in [0, 0.05) is 6.54 Å². The summed E-state index contributed by atoms with van der Waals surface area (Å²) in [4.78, 5) is 1.96. The molecule has 1 N–H and O–H groups in total. The standard InChI is InChI=1S/C18H17F3N4OS2/c1-24(10-12-6-8-13(9-7-12)26-16(20)21)11-25-18(27)28-17(23-25)22-15-5-3-2-4-14(15)19/h2-9,16H,10-11H2,1H3,(H,22,23). The van der Waals surface area contributed by atoms with Gasteiger partial charge in [-0.05, 0) is 49.1 Å². The molecule has 0 spiro atoms. The van der Waals surface area contributed by atoms with E-state index in [9.17, 15) is 13.2 Å². The van der Waals surface area contributed by atoms with E-state index in [2.05, 4.69) is 15.2 Å². The molecule has 5 nitrogen and oxygen atoms in total. The second-order valence-electron chi connectivity index (χ2n) is 5.96. The number of rotatable bonds is 8. The zero-order chi connectivity index (χ0) is 20.1. The van der Waals surface area contributed by atoms with E-state index < -0.39 is 6.61 Å². The largest absolute Gasteiger partial charge is 0.435 e. The lowest BCUT2D eigenvalue weighted by molar-refractivity contribution is -0.0498. The maximum Gasteiger partial charge on any atom is 0.387 e. The molecule has 0 amide bonds. The number of aromatic nitrogens is 2. The van der Waals surface area contributed by atoms with Gasteiger partial charge in [0.15, 0.2) is 3.95 Å². The van der Waals surface area contributed by atoms with Crippen molar-refractivity contribution in [3.05, 3.63) is 63.9 Å². The van der Waals surface area contributed by atoms with E-state index in [0.29, 0.717) is 28.0 Å². The van der Waals surface area contributed by atoms with Crippen LogP contribution in [0.3, 0.4) is 0 Å². The van der Waals surface area contributed by atoms with Gasteiger partial charge < -0.3 is 10.1 Å². The number of anilines is 2. The Morgan fingerprint density at radius 2 is 1.93 bits per heavy atom. The summed E-state index contributed by atoms with van der Waals surface area (Å²) in [6, 6.07) is 12.8. The molecule has 148 valence electrons. The van der Waals surface area contributed by atoms with Crippen molar-refractivity contribution in [3.8, 4) is 5.75 Å². The van der Waals surface area contributed by atoms with Gasteiger partial charge >= 0.3 is 6.61 Å². The number of alkyl halides is 2. The molecule has 0 saturated heterocycles. The van der Waals surface area contributed by atoms with Crippen LogP contribution in [-0.2, 0) is 13.2 Å². The molecule has 28 heavy (non-hydrogen) atoms. The maximum atomic E-state index is 13.8. The Morgan fingerprint density at radius 3 is 2.61 bits per heavy atom. The summed E-state index contributed by atoms with van der Waals surface area (Å²) in [5, 5.41) is 7.81. The summed E-state index contributed by atoms with van der Waals surface area (Å²) in [5.41, 5.74) is 1.26. The molecule has 2 aromatic carbocycles. The van der Waals surface area contributed by atoms with E-state index in [1.165, 1.54) is 29.5 Å². The number of hydrogen-bond acceptors (Lipinski definition) is 6. The normalized spacial score (nSPS) is 11.2. The molecule has 0 unspecified atom stereocenters. The van der Waals surface area contributed by atoms with Gasteiger partial charge in [0.25, 0.3) is 0 Å². The van der Waals surface area contributed by atoms with Crippen LogP contribution in [0.25, 0.3) is 0 Å². The van der Waals surface area contributed by atoms with Crippen LogP contribution in [-0.4, -0.2) is 28.3 Å². The average molecular weight is 426 g/mol. The third kappa shape index (κ3) is 5.54. The van der Waals surface area contributed by atoms with Gasteiger partial charge in [-0.2, -0.15) is 8.78 Å². The van der Waals surface area contributed by atoms with E-state index in [1.54, 1.807) is 35.0 Å². The highest BCUT2D eigenvalue weighted by Gasteiger charge is 2.10. The summed E-state index contributed by atoms with van der Waals surface area (Å²) < 4.78 is 44.7. The average Bonchev–Trinajstić information content (AvgIpc) is 2.97. The monoisotopic (exact) mass is 426 g/mol. The van der Waals surface area contributed by atoms with Gasteiger partial charge in [0.1, 0.15) is 11.6 Å². The number of ether oxygens (including phenoxy) is 1. The zero-order valence-electron chi connectivity index (χ0n) is 14.8. The van der Waals surface area contributed by atoms with E-state index in [4.69, 9.17) is 12.2 Å². The topological polar surface area (TPSA) is 42.3 Å². The Morgan fingerprint density at radius 1 is 1.21 bits per heavy atom. The Bertz CT molecular complexity index is 975. The lowest BCUT2D eigenvalue weighted by Gasteiger charge is -2.16. The highest BCUT2D eigenvalue weighted by Crippen LogP contribution is 2.23. The van der Waals surface area contributed by atoms with Gasteiger partial charge in [-0.1, -0.05) is 35.6 Å². The summed E-state index contributed by atoms with van der Waals surface area (Å²) in [6.45, 7) is -1.86. The Balaban J connectivity index is 1.61. The fourth-order valence-electron chi connectivity index (χ4n) is 2.49. The minimum atomic E-state index is -2.84. The fourth-order valence-corrected chi connectivity index (χ4v) is 3.50. The van der Waals surface area contributed by atoms with Gasteiger partial charge in [-0.15, -0.1) is 5.10 Å². The quantitative estimate of drug-likeness (QED) is 0.499. The van der Waals surface area contributed by atoms with Crippen LogP contribution in [0.4, 0.5) is 24.0 Å². The molecule has 0 fully saturated rings. The molecule has 0 aliphatic carbocycles. The second-order valence-corrected chi connectivity index (χ2v) is 7.58. The third-order valence-electron chi connectivity index (χ3n) is 3.70. The van der Waals surface area contributed by atoms with Crippen molar-refractivity contribution >= 4 is 34.4 Å². The maximum absolute atomic E-state index is 13.8. The van der Waals surface area contributed by atoms with E-state index in [-0.39, 0.29) is 11.6 Å². The summed E-state index contributed by atoms with van der Waals surface area (Å²) in [6.07, 6.45) is 0. The SMILES string of the molecule is CN(Cc1ccc(OC(F)F)cc1)Cn1nc(Nc2ccccc2F)sc1=S. The van der Waals surface area contributed by atoms with Crippen LogP contribution < -0.4 is 10.1 Å². The smallest absolute Gasteiger partial charge is 0.387 e. The molecule has 0 saturated carbocycles. The first kappa shape index (κ1) is 20.3. The fraction of sp³-hybridized carbons (Fsp3) is 0.222. The molecular weight excluding hydrogens is 409 g/mol. The summed E-state index contributed by atoms with van der Waals surface area (Å²) in [7, 11) is 1.88. The summed E-state index contributed by atoms with van der Waals surface area (Å²) in [5.74, 6) is -0.251. The molecule has 1 heterocycles. The molecule has 10 heteroatoms. The third-order valence-corrected chi connectivity index (χ3v) is 4.92. The number of nitrogens with zero attached hydrogens (tertiary/aromatic N) is 3. The minimum absolute atomic E-state index is 0.118. The zero-order valence-corrected chi connectivity index (χ0v) is 16.4. The van der Waals surface area contributed by atoms with Gasteiger partial charge in [-0.3, -0.25) is 4.90 Å². The highest BCUT2D eigenvalue weighted by atomic mass is 32.1. The number of hydrogen-bond donors (Lipinski definition) is 1. The molecule has 1 aromatic heterocycles. The van der Waals surface area contributed by atoms with Gasteiger partial charge in [-0.25, -0.2) is 9.07 Å². The van der Waals surface area contributed by atoms with Crippen molar-refractivity contribution in [1.82, 2.24) is 14.7 Å². The van der Waals surface area contributed by atoms with Crippen molar-refractivity contribution in [2.75, 3.05) is 12.4 Å². The predicted molar refractivity (Wildman–Crippen MR) is 105 cm³/mol. The molecule has 3 aromatic rings. The Labute approximate surface area is 169 Å². The lowest BCUT2D eigenvalue weighted by Crippen LogP contribution is -2.22. The van der Waals surface area contributed by atoms with Crippen LogP contribution in [0.1, 0.15) is 5.56 Å². The molecule has 3 rings (SSSR count). The number of halogens is 3. The van der Waals surface area contributed by atoms with Crippen LogP contribution >= 0.6 is 23.6 Å². The number of nitrogens with one attached hydrogen (secondary N) is 1. The van der Waals surface area contributed by atoms with Crippen LogP contribution in [0.5, 0.6) is 5.75 Å². The van der Waals surface area contributed by atoms with Crippen LogP contribution in [0.15, 0.2) is 48.5 Å². The van der Waals surface area contributed by atoms with E-state index in [1.807, 2.05) is 11.9 Å². The van der Waals surface area contributed by atoms with Gasteiger partial charge in [0.05, 0.1) is 12.4 Å². The van der Waals surface area contributed by atoms with Crippen LogP contribution in [0, 0.1) is 9.77 Å². The predicted octanol–water partition coefficient (Wildman–Crippen LogP) is 5.25. The first-order valence-corrected chi connectivity index (χ1v) is 9.45. The van der Waals surface area contributed by atoms with Crippen molar-refractivity contribution in [2.24, 2.45) is 0 Å². The molecule has 0 radical (unpaired) electrons. The Hall–Kier alpha value is -2.43. The molecule has 0 atom stereocenters. The first-order valence-electron chi connectivity index (χ1n) is 8.22. The van der Waals surface area contributed by atoms with Crippen molar-refractivity contribution < 1.29 is 17.9 Å². The summed E-state index contributed by atoms with van der Waals surface area (Å²) >= 11 is 6.58. The Kier molecular flexibility index (Phi) is 6.65.